The third-order valence-corrected chi connectivity index (χ3v) is 8.88. The highest BCUT2D eigenvalue weighted by Crippen LogP contribution is 2.31. The van der Waals surface area contributed by atoms with Crippen LogP contribution < -0.4 is 5.32 Å². The lowest BCUT2D eigenvalue weighted by atomic mass is 9.98. The van der Waals surface area contributed by atoms with Gasteiger partial charge in [0.15, 0.2) is 0 Å². The summed E-state index contributed by atoms with van der Waals surface area (Å²) in [6.45, 7) is 6.37. The molecule has 1 aliphatic heterocycles. The summed E-state index contributed by atoms with van der Waals surface area (Å²) in [5.41, 5.74) is 3.41. The molecule has 2 aromatic heterocycles. The molecule has 0 radical (unpaired) electrons. The zero-order chi connectivity index (χ0) is 22.9. The first kappa shape index (κ1) is 22.6. The van der Waals surface area contributed by atoms with E-state index in [9.17, 15) is 13.2 Å². The van der Waals surface area contributed by atoms with Crippen molar-refractivity contribution >= 4 is 33.0 Å². The molecule has 8 nitrogen and oxygen atoms in total. The summed E-state index contributed by atoms with van der Waals surface area (Å²) < 4.78 is 33.3. The molecular formula is C22H26N4O4S2. The van der Waals surface area contributed by atoms with Crippen LogP contribution in [0, 0.1) is 19.8 Å². The van der Waals surface area contributed by atoms with Crippen molar-refractivity contribution in [1.29, 1.82) is 0 Å². The van der Waals surface area contributed by atoms with Gasteiger partial charge in [-0.1, -0.05) is 24.2 Å². The van der Waals surface area contributed by atoms with E-state index < -0.39 is 15.9 Å². The lowest BCUT2D eigenvalue weighted by Gasteiger charge is -2.31. The largest absolute Gasteiger partial charge is 0.339 e. The van der Waals surface area contributed by atoms with E-state index in [0.29, 0.717) is 43.1 Å². The van der Waals surface area contributed by atoms with Gasteiger partial charge in [-0.3, -0.25) is 4.79 Å². The highest BCUT2D eigenvalue weighted by molar-refractivity contribution is 7.91. The number of aryl methyl sites for hydroxylation is 3. The number of carbonyl (C=O) groups is 1. The Labute approximate surface area is 191 Å². The Morgan fingerprint density at radius 2 is 2.12 bits per heavy atom. The molecule has 4 rings (SSSR count). The van der Waals surface area contributed by atoms with Crippen molar-refractivity contribution in [2.24, 2.45) is 5.92 Å². The lowest BCUT2D eigenvalue weighted by molar-refractivity contribution is -0.120. The fourth-order valence-corrected chi connectivity index (χ4v) is 6.53. The number of hydrogen-bond donors (Lipinski definition) is 1. The van der Waals surface area contributed by atoms with Crippen molar-refractivity contribution < 1.29 is 17.7 Å². The van der Waals surface area contributed by atoms with E-state index in [2.05, 4.69) is 15.5 Å². The minimum absolute atomic E-state index is 0.149. The predicted molar refractivity (Wildman–Crippen MR) is 123 cm³/mol. The minimum Gasteiger partial charge on any atom is -0.339 e. The number of aromatic nitrogens is 2. The maximum absolute atomic E-state index is 13.3. The molecule has 0 spiro atoms. The molecule has 1 unspecified atom stereocenters. The van der Waals surface area contributed by atoms with Crippen LogP contribution in [0.1, 0.15) is 36.8 Å². The number of hydrogen-bond acceptors (Lipinski definition) is 7. The van der Waals surface area contributed by atoms with Gasteiger partial charge in [0.2, 0.25) is 17.6 Å². The van der Waals surface area contributed by atoms with Crippen molar-refractivity contribution in [2.75, 3.05) is 18.4 Å². The molecule has 10 heteroatoms. The van der Waals surface area contributed by atoms with Gasteiger partial charge in [0.05, 0.1) is 5.92 Å². The second-order valence-electron chi connectivity index (χ2n) is 8.03. The van der Waals surface area contributed by atoms with E-state index in [-0.39, 0.29) is 16.7 Å². The molecule has 1 N–H and O–H groups in total. The van der Waals surface area contributed by atoms with E-state index in [0.717, 1.165) is 28.2 Å². The average molecular weight is 475 g/mol. The SMILES string of the molecule is CCc1nc(-c2csc(S(=O)(=O)N3CCCC(C(=O)Nc4cc(C)ccc4C)C3)c2)no1. The second-order valence-corrected chi connectivity index (χ2v) is 11.1. The normalized spacial score (nSPS) is 17.4. The molecule has 1 atom stereocenters. The molecule has 1 fully saturated rings. The van der Waals surface area contributed by atoms with E-state index in [4.69, 9.17) is 4.52 Å². The topological polar surface area (TPSA) is 105 Å². The first-order valence-corrected chi connectivity index (χ1v) is 12.9. The molecule has 1 aliphatic rings. The Hall–Kier alpha value is -2.56. The number of piperidine rings is 1. The molecule has 1 aromatic carbocycles. The van der Waals surface area contributed by atoms with Gasteiger partial charge in [0, 0.05) is 36.1 Å². The Morgan fingerprint density at radius 3 is 2.88 bits per heavy atom. The zero-order valence-corrected chi connectivity index (χ0v) is 19.9. The fraction of sp³-hybridized carbons (Fsp3) is 0.409. The van der Waals surface area contributed by atoms with Gasteiger partial charge in [-0.05, 0) is 49.9 Å². The number of nitrogens with zero attached hydrogens (tertiary/aromatic N) is 3. The summed E-state index contributed by atoms with van der Waals surface area (Å²) in [4.78, 5) is 17.2. The van der Waals surface area contributed by atoms with Crippen LogP contribution >= 0.6 is 11.3 Å². The maximum Gasteiger partial charge on any atom is 0.252 e. The smallest absolute Gasteiger partial charge is 0.252 e. The summed E-state index contributed by atoms with van der Waals surface area (Å²) in [7, 11) is -3.72. The van der Waals surface area contributed by atoms with Crippen molar-refractivity contribution in [3.63, 3.8) is 0 Å². The predicted octanol–water partition coefficient (Wildman–Crippen LogP) is 4.02. The third-order valence-electron chi connectivity index (χ3n) is 5.60. The molecule has 1 amide bonds. The Kier molecular flexibility index (Phi) is 6.45. The summed E-state index contributed by atoms with van der Waals surface area (Å²) in [5.74, 6) is 0.333. The molecule has 3 aromatic rings. The number of thiophene rings is 1. The highest BCUT2D eigenvalue weighted by atomic mass is 32.2. The molecule has 3 heterocycles. The van der Waals surface area contributed by atoms with Gasteiger partial charge in [-0.25, -0.2) is 8.42 Å². The van der Waals surface area contributed by atoms with Crippen LogP contribution in [0.5, 0.6) is 0 Å². The Balaban J connectivity index is 1.48. The standard InChI is InChI=1S/C22H26N4O4S2/c1-4-19-24-21(25-30-19)17-11-20(31-13-17)32(28,29)26-9-5-6-16(12-26)22(27)23-18-10-14(2)7-8-15(18)3/h7-8,10-11,13,16H,4-6,9,12H2,1-3H3,(H,23,27). The minimum atomic E-state index is -3.72. The highest BCUT2D eigenvalue weighted by Gasteiger charge is 2.34. The Morgan fingerprint density at radius 1 is 1.31 bits per heavy atom. The average Bonchev–Trinajstić information content (AvgIpc) is 3.46. The van der Waals surface area contributed by atoms with Gasteiger partial charge in [-0.2, -0.15) is 9.29 Å². The van der Waals surface area contributed by atoms with Crippen molar-refractivity contribution in [3.8, 4) is 11.4 Å². The van der Waals surface area contributed by atoms with Gasteiger partial charge >= 0.3 is 0 Å². The number of anilines is 1. The van der Waals surface area contributed by atoms with Crippen molar-refractivity contribution in [1.82, 2.24) is 14.4 Å². The lowest BCUT2D eigenvalue weighted by Crippen LogP contribution is -2.43. The zero-order valence-electron chi connectivity index (χ0n) is 18.3. The van der Waals surface area contributed by atoms with E-state index in [1.54, 1.807) is 11.4 Å². The van der Waals surface area contributed by atoms with E-state index in [1.165, 1.54) is 4.31 Å². The molecule has 0 aliphatic carbocycles. The second kappa shape index (κ2) is 9.13. The molecule has 170 valence electrons. The summed E-state index contributed by atoms with van der Waals surface area (Å²) >= 11 is 1.13. The van der Waals surface area contributed by atoms with Crippen molar-refractivity contribution in [2.45, 2.75) is 44.2 Å². The number of sulfonamides is 1. The number of carbonyl (C=O) groups excluding carboxylic acids is 1. The summed E-state index contributed by atoms with van der Waals surface area (Å²) in [6.07, 6.45) is 1.90. The first-order valence-electron chi connectivity index (χ1n) is 10.6. The molecule has 1 saturated heterocycles. The van der Waals surface area contributed by atoms with Gasteiger partial charge < -0.3 is 9.84 Å². The third kappa shape index (κ3) is 4.62. The quantitative estimate of drug-likeness (QED) is 0.579. The fourth-order valence-electron chi connectivity index (χ4n) is 3.69. The molecule has 32 heavy (non-hydrogen) atoms. The van der Waals surface area contributed by atoms with Gasteiger partial charge in [0.1, 0.15) is 4.21 Å². The molecule has 0 saturated carbocycles. The number of amides is 1. The Bertz CT molecular complexity index is 1230. The van der Waals surface area contributed by atoms with Crippen LogP contribution in [0.25, 0.3) is 11.4 Å². The molecule has 0 bridgehead atoms. The van der Waals surface area contributed by atoms with Crippen LogP contribution in [0.3, 0.4) is 0 Å². The van der Waals surface area contributed by atoms with Crippen LogP contribution in [-0.4, -0.2) is 41.9 Å². The van der Waals surface area contributed by atoms with Crippen molar-refractivity contribution in [3.05, 3.63) is 46.7 Å². The maximum atomic E-state index is 13.3. The van der Waals surface area contributed by atoms with Crippen LogP contribution in [0.2, 0.25) is 0 Å². The first-order chi connectivity index (χ1) is 15.3. The van der Waals surface area contributed by atoms with Crippen LogP contribution in [-0.2, 0) is 21.2 Å². The van der Waals surface area contributed by atoms with E-state index >= 15 is 0 Å². The van der Waals surface area contributed by atoms with E-state index in [1.807, 2.05) is 39.0 Å². The molecular weight excluding hydrogens is 448 g/mol. The number of benzene rings is 1. The van der Waals surface area contributed by atoms with Gasteiger partial charge in [0.25, 0.3) is 10.0 Å². The summed E-state index contributed by atoms with van der Waals surface area (Å²) in [6, 6.07) is 7.46. The van der Waals surface area contributed by atoms with Crippen LogP contribution in [0.15, 0.2) is 38.4 Å². The van der Waals surface area contributed by atoms with Crippen LogP contribution in [0.4, 0.5) is 5.69 Å². The van der Waals surface area contributed by atoms with Gasteiger partial charge in [-0.15, -0.1) is 11.3 Å². The monoisotopic (exact) mass is 474 g/mol. The summed E-state index contributed by atoms with van der Waals surface area (Å²) in [5, 5.41) is 8.61. The number of rotatable bonds is 6. The number of nitrogens with one attached hydrogen (secondary N) is 1.